The normalized spacial score (nSPS) is 24.7. The second-order valence-corrected chi connectivity index (χ2v) is 1.98. The van der Waals surface area contributed by atoms with E-state index >= 15 is 0 Å². The minimum atomic E-state index is -0.959. The van der Waals surface area contributed by atoms with Gasteiger partial charge in [-0.2, -0.15) is 0 Å². The molecular weight excluding hydrogens is 120 g/mol. The number of ether oxygens (including phenoxy) is 1. The zero-order chi connectivity index (χ0) is 6.85. The van der Waals surface area contributed by atoms with Gasteiger partial charge in [0, 0.05) is 6.42 Å². The van der Waals surface area contributed by atoms with Crippen molar-refractivity contribution in [1.29, 1.82) is 0 Å². The highest BCUT2D eigenvalue weighted by molar-refractivity contribution is 5.87. The number of rotatable bonds is 2. The molecule has 0 amide bonds. The highest BCUT2D eigenvalue weighted by Gasteiger charge is 2.25. The van der Waals surface area contributed by atoms with Gasteiger partial charge < -0.3 is 9.84 Å². The summed E-state index contributed by atoms with van der Waals surface area (Å²) in [7, 11) is 0. The number of aliphatic carboxylic acids is 1. The highest BCUT2D eigenvalue weighted by atomic mass is 16.5. The molecule has 1 aliphatic rings. The molecule has 0 radical (unpaired) electrons. The van der Waals surface area contributed by atoms with Crippen molar-refractivity contribution in [2.24, 2.45) is 0 Å². The number of hydrogen-bond donors (Lipinski definition) is 1. The summed E-state index contributed by atoms with van der Waals surface area (Å²) in [5.74, 6) is -0.959. The van der Waals surface area contributed by atoms with E-state index in [1.165, 1.54) is 0 Å². The second-order valence-electron chi connectivity index (χ2n) is 1.98. The first-order chi connectivity index (χ1) is 4.22. The molecule has 0 spiro atoms. The summed E-state index contributed by atoms with van der Waals surface area (Å²) in [4.78, 5) is 10.2. The minimum Gasteiger partial charge on any atom is -0.478 e. The Balaban J connectivity index is 2.42. The quantitative estimate of drug-likeness (QED) is 0.548. The summed E-state index contributed by atoms with van der Waals surface area (Å²) in [6, 6.07) is 0. The predicted octanol–water partition coefficient (Wildman–Crippen LogP) is 0.416. The Hall–Kier alpha value is -0.830. The van der Waals surface area contributed by atoms with Gasteiger partial charge in [-0.25, -0.2) is 4.79 Å². The van der Waals surface area contributed by atoms with Crippen LogP contribution in [-0.2, 0) is 9.53 Å². The zero-order valence-electron chi connectivity index (χ0n) is 4.96. The lowest BCUT2D eigenvalue weighted by Gasteiger charge is -2.25. The average Bonchev–Trinajstić information content (AvgIpc) is 1.60. The van der Waals surface area contributed by atoms with E-state index in [0.717, 1.165) is 6.42 Å². The van der Waals surface area contributed by atoms with E-state index in [0.29, 0.717) is 6.61 Å². The Labute approximate surface area is 52.9 Å². The van der Waals surface area contributed by atoms with E-state index < -0.39 is 5.97 Å². The molecule has 1 unspecified atom stereocenters. The van der Waals surface area contributed by atoms with Crippen LogP contribution in [0.25, 0.3) is 0 Å². The zero-order valence-corrected chi connectivity index (χ0v) is 4.96. The van der Waals surface area contributed by atoms with Crippen LogP contribution in [0.4, 0.5) is 0 Å². The Morgan fingerprint density at radius 3 is 2.44 bits per heavy atom. The highest BCUT2D eigenvalue weighted by Crippen LogP contribution is 2.17. The van der Waals surface area contributed by atoms with E-state index in [1.54, 1.807) is 0 Å². The van der Waals surface area contributed by atoms with Gasteiger partial charge in [-0.15, -0.1) is 0 Å². The smallest absolute Gasteiger partial charge is 0.333 e. The molecule has 1 N–H and O–H groups in total. The fourth-order valence-corrected chi connectivity index (χ4v) is 0.648. The molecule has 1 aliphatic heterocycles. The third kappa shape index (κ3) is 1.10. The van der Waals surface area contributed by atoms with Crippen molar-refractivity contribution < 1.29 is 14.6 Å². The van der Waals surface area contributed by atoms with Crippen molar-refractivity contribution >= 4 is 5.97 Å². The maximum Gasteiger partial charge on any atom is 0.333 e. The number of carboxylic acid groups (broad SMARTS) is 1. The van der Waals surface area contributed by atoms with Gasteiger partial charge in [0.1, 0.15) is 0 Å². The molecule has 1 saturated heterocycles. The first kappa shape index (κ1) is 6.29. The van der Waals surface area contributed by atoms with E-state index in [1.807, 2.05) is 0 Å². The summed E-state index contributed by atoms with van der Waals surface area (Å²) >= 11 is 0. The van der Waals surface area contributed by atoms with E-state index in [4.69, 9.17) is 9.84 Å². The second kappa shape index (κ2) is 2.19. The largest absolute Gasteiger partial charge is 0.478 e. The van der Waals surface area contributed by atoms with Gasteiger partial charge in [0.15, 0.2) is 0 Å². The third-order valence-electron chi connectivity index (χ3n) is 1.36. The standard InChI is InChI=1S/C6H8O3/c1-4(6(7)8)5-2-3-9-5/h5H,1-3H2,(H,7,8). The summed E-state index contributed by atoms with van der Waals surface area (Å²) in [5.41, 5.74) is 0.168. The van der Waals surface area contributed by atoms with Gasteiger partial charge in [0.05, 0.1) is 18.3 Å². The Bertz CT molecular complexity index is 146. The van der Waals surface area contributed by atoms with E-state index in [-0.39, 0.29) is 11.7 Å². The van der Waals surface area contributed by atoms with Gasteiger partial charge in [-0.3, -0.25) is 0 Å². The molecule has 1 heterocycles. The molecule has 0 saturated carbocycles. The van der Waals surface area contributed by atoms with Crippen molar-refractivity contribution in [2.45, 2.75) is 12.5 Å². The Kier molecular flexibility index (Phi) is 1.53. The van der Waals surface area contributed by atoms with Crippen LogP contribution in [0.2, 0.25) is 0 Å². The fraction of sp³-hybridized carbons (Fsp3) is 0.500. The van der Waals surface area contributed by atoms with Crippen molar-refractivity contribution in [1.82, 2.24) is 0 Å². The molecular formula is C6H8O3. The maximum absolute atomic E-state index is 10.2. The summed E-state index contributed by atoms with van der Waals surface area (Å²) in [5, 5.41) is 8.34. The molecule has 50 valence electrons. The maximum atomic E-state index is 10.2. The molecule has 9 heavy (non-hydrogen) atoms. The van der Waals surface area contributed by atoms with Crippen LogP contribution >= 0.6 is 0 Å². The summed E-state index contributed by atoms with van der Waals surface area (Å²) in [6.07, 6.45) is 0.577. The van der Waals surface area contributed by atoms with Crippen LogP contribution in [0.3, 0.4) is 0 Å². The molecule has 3 heteroatoms. The van der Waals surface area contributed by atoms with Gasteiger partial charge in [-0.05, 0) is 0 Å². The average molecular weight is 128 g/mol. The molecule has 3 nitrogen and oxygen atoms in total. The van der Waals surface area contributed by atoms with Gasteiger partial charge in [0.2, 0.25) is 0 Å². The molecule has 1 atom stereocenters. The van der Waals surface area contributed by atoms with Crippen molar-refractivity contribution in [3.8, 4) is 0 Å². The lowest BCUT2D eigenvalue weighted by atomic mass is 10.1. The van der Waals surface area contributed by atoms with Gasteiger partial charge >= 0.3 is 5.97 Å². The van der Waals surface area contributed by atoms with E-state index in [9.17, 15) is 4.79 Å². The Morgan fingerprint density at radius 2 is 2.33 bits per heavy atom. The third-order valence-corrected chi connectivity index (χ3v) is 1.36. The molecule has 0 aromatic carbocycles. The van der Waals surface area contributed by atoms with Crippen LogP contribution in [0, 0.1) is 0 Å². The first-order valence-electron chi connectivity index (χ1n) is 2.75. The van der Waals surface area contributed by atoms with Crippen LogP contribution < -0.4 is 0 Å². The Morgan fingerprint density at radius 1 is 1.78 bits per heavy atom. The molecule has 0 aromatic heterocycles. The topological polar surface area (TPSA) is 46.5 Å². The SMILES string of the molecule is C=C(C(=O)O)C1CCO1. The first-order valence-corrected chi connectivity index (χ1v) is 2.75. The molecule has 0 bridgehead atoms. The van der Waals surface area contributed by atoms with Crippen molar-refractivity contribution in [3.63, 3.8) is 0 Å². The van der Waals surface area contributed by atoms with Crippen LogP contribution in [0.15, 0.2) is 12.2 Å². The van der Waals surface area contributed by atoms with Gasteiger partial charge in [0.25, 0.3) is 0 Å². The number of hydrogen-bond acceptors (Lipinski definition) is 2. The van der Waals surface area contributed by atoms with E-state index in [2.05, 4.69) is 6.58 Å². The van der Waals surface area contributed by atoms with Crippen LogP contribution in [0.5, 0.6) is 0 Å². The number of carboxylic acids is 1. The predicted molar refractivity (Wildman–Crippen MR) is 31.1 cm³/mol. The molecule has 0 aliphatic carbocycles. The summed E-state index contributed by atoms with van der Waals surface area (Å²) in [6.45, 7) is 4.02. The molecule has 0 aromatic rings. The van der Waals surface area contributed by atoms with Crippen LogP contribution in [-0.4, -0.2) is 23.8 Å². The summed E-state index contributed by atoms with van der Waals surface area (Å²) < 4.78 is 4.87. The van der Waals surface area contributed by atoms with Crippen molar-refractivity contribution in [3.05, 3.63) is 12.2 Å². The monoisotopic (exact) mass is 128 g/mol. The van der Waals surface area contributed by atoms with Crippen LogP contribution in [0.1, 0.15) is 6.42 Å². The number of carbonyl (C=O) groups is 1. The lowest BCUT2D eigenvalue weighted by Crippen LogP contribution is -2.31. The fourth-order valence-electron chi connectivity index (χ4n) is 0.648. The molecule has 1 fully saturated rings. The van der Waals surface area contributed by atoms with Gasteiger partial charge in [-0.1, -0.05) is 6.58 Å². The minimum absolute atomic E-state index is 0.168. The molecule has 1 rings (SSSR count). The van der Waals surface area contributed by atoms with Crippen molar-refractivity contribution in [2.75, 3.05) is 6.61 Å². The lowest BCUT2D eigenvalue weighted by molar-refractivity contribution is -0.136.